The van der Waals surface area contributed by atoms with E-state index >= 15 is 0 Å². The summed E-state index contributed by atoms with van der Waals surface area (Å²) in [5, 5.41) is 4.83. The lowest BCUT2D eigenvalue weighted by atomic mass is 9.97. The molecule has 0 spiro atoms. The molecular weight excluding hydrogens is 316 g/mol. The van der Waals surface area contributed by atoms with Crippen LogP contribution in [0.25, 0.3) is 0 Å². The van der Waals surface area contributed by atoms with Crippen LogP contribution in [0.4, 0.5) is 0 Å². The fraction of sp³-hybridized carbons (Fsp3) is 0.579. The van der Waals surface area contributed by atoms with Crippen molar-refractivity contribution in [2.24, 2.45) is 13.0 Å². The predicted octanol–water partition coefficient (Wildman–Crippen LogP) is 2.41. The molecule has 6 nitrogen and oxygen atoms in total. The highest BCUT2D eigenvalue weighted by Crippen LogP contribution is 2.33. The standard InChI is InChI=1S/C19H26N4O2/c1-3-25-13-16-11-22(19(24)17-5-4-8-21(17)2)10-15-12-23(20-18(15)16)9-14-6-7-14/h4-5,8,12,14,16H,3,6-7,9-11,13H2,1-2H3. The van der Waals surface area contributed by atoms with E-state index in [4.69, 9.17) is 9.84 Å². The zero-order chi connectivity index (χ0) is 17.4. The molecule has 0 aromatic carbocycles. The summed E-state index contributed by atoms with van der Waals surface area (Å²) < 4.78 is 9.64. The van der Waals surface area contributed by atoms with E-state index in [1.165, 1.54) is 18.4 Å². The molecule has 1 amide bonds. The van der Waals surface area contributed by atoms with Crippen molar-refractivity contribution in [1.29, 1.82) is 0 Å². The maximum Gasteiger partial charge on any atom is 0.270 e. The van der Waals surface area contributed by atoms with Crippen LogP contribution in [0.5, 0.6) is 0 Å². The van der Waals surface area contributed by atoms with Gasteiger partial charge in [-0.1, -0.05) is 0 Å². The Morgan fingerprint density at radius 2 is 2.24 bits per heavy atom. The minimum atomic E-state index is 0.0783. The number of aryl methyl sites for hydroxylation is 1. The summed E-state index contributed by atoms with van der Waals surface area (Å²) in [6, 6.07) is 3.79. The smallest absolute Gasteiger partial charge is 0.270 e. The van der Waals surface area contributed by atoms with Crippen molar-refractivity contribution < 1.29 is 9.53 Å². The highest BCUT2D eigenvalue weighted by atomic mass is 16.5. The van der Waals surface area contributed by atoms with Gasteiger partial charge in [0.2, 0.25) is 0 Å². The molecule has 2 aliphatic rings. The van der Waals surface area contributed by atoms with Gasteiger partial charge in [0.1, 0.15) is 5.69 Å². The van der Waals surface area contributed by atoms with E-state index in [9.17, 15) is 4.79 Å². The number of carbonyl (C=O) groups excluding carboxylic acids is 1. The number of aromatic nitrogens is 3. The first-order valence-electron chi connectivity index (χ1n) is 9.20. The van der Waals surface area contributed by atoms with Crippen molar-refractivity contribution in [2.45, 2.75) is 38.8 Å². The molecule has 0 N–H and O–H groups in total. The molecule has 2 aromatic heterocycles. The number of fused-ring (bicyclic) bond motifs is 1. The molecule has 6 heteroatoms. The predicted molar refractivity (Wildman–Crippen MR) is 94.3 cm³/mol. The Morgan fingerprint density at radius 3 is 2.92 bits per heavy atom. The molecule has 1 aliphatic carbocycles. The average Bonchev–Trinajstić information content (AvgIpc) is 3.15. The Kier molecular flexibility index (Phi) is 4.37. The van der Waals surface area contributed by atoms with Crippen molar-refractivity contribution in [3.05, 3.63) is 41.5 Å². The number of hydrogen-bond donors (Lipinski definition) is 0. The molecule has 1 atom stereocenters. The van der Waals surface area contributed by atoms with Crippen molar-refractivity contribution in [2.75, 3.05) is 19.8 Å². The molecule has 134 valence electrons. The van der Waals surface area contributed by atoms with Crippen LogP contribution in [0.2, 0.25) is 0 Å². The van der Waals surface area contributed by atoms with Crippen molar-refractivity contribution >= 4 is 5.91 Å². The summed E-state index contributed by atoms with van der Waals surface area (Å²) >= 11 is 0. The lowest BCUT2D eigenvalue weighted by molar-refractivity contribution is 0.0643. The Bertz CT molecular complexity index is 759. The van der Waals surface area contributed by atoms with Crippen LogP contribution in [0.1, 0.15) is 47.4 Å². The summed E-state index contributed by atoms with van der Waals surface area (Å²) in [6.07, 6.45) is 6.67. The number of nitrogens with zero attached hydrogens (tertiary/aromatic N) is 4. The highest BCUT2D eigenvalue weighted by molar-refractivity contribution is 5.93. The molecule has 25 heavy (non-hydrogen) atoms. The van der Waals surface area contributed by atoms with Gasteiger partial charge in [0.05, 0.1) is 12.3 Å². The van der Waals surface area contributed by atoms with E-state index in [0.29, 0.717) is 26.3 Å². The van der Waals surface area contributed by atoms with Crippen molar-refractivity contribution in [3.63, 3.8) is 0 Å². The van der Waals surface area contributed by atoms with E-state index in [1.54, 1.807) is 0 Å². The van der Waals surface area contributed by atoms with Gasteiger partial charge in [-0.05, 0) is 37.8 Å². The normalized spacial score (nSPS) is 19.9. The number of carbonyl (C=O) groups is 1. The Hall–Kier alpha value is -2.08. The second-order valence-corrected chi connectivity index (χ2v) is 7.25. The first-order chi connectivity index (χ1) is 12.2. The van der Waals surface area contributed by atoms with Crippen LogP contribution in [-0.2, 0) is 24.9 Å². The third kappa shape index (κ3) is 3.35. The number of amides is 1. The fourth-order valence-electron chi connectivity index (χ4n) is 3.62. The third-order valence-electron chi connectivity index (χ3n) is 5.17. The van der Waals surface area contributed by atoms with Gasteiger partial charge in [-0.15, -0.1) is 0 Å². The lowest BCUT2D eigenvalue weighted by Gasteiger charge is -2.32. The van der Waals surface area contributed by atoms with Gasteiger partial charge in [0, 0.05) is 57.2 Å². The third-order valence-corrected chi connectivity index (χ3v) is 5.17. The van der Waals surface area contributed by atoms with Crippen LogP contribution in [0.15, 0.2) is 24.5 Å². The minimum absolute atomic E-state index is 0.0783. The molecule has 0 radical (unpaired) electrons. The number of rotatable bonds is 6. The zero-order valence-electron chi connectivity index (χ0n) is 15.0. The first kappa shape index (κ1) is 16.4. The van der Waals surface area contributed by atoms with Crippen molar-refractivity contribution in [3.8, 4) is 0 Å². The highest BCUT2D eigenvalue weighted by Gasteiger charge is 2.33. The molecule has 2 aromatic rings. The van der Waals surface area contributed by atoms with Crippen LogP contribution in [0.3, 0.4) is 0 Å². The van der Waals surface area contributed by atoms with Crippen LogP contribution < -0.4 is 0 Å². The Morgan fingerprint density at radius 1 is 1.40 bits per heavy atom. The first-order valence-corrected chi connectivity index (χ1v) is 9.20. The Labute approximate surface area is 148 Å². The summed E-state index contributed by atoms with van der Waals surface area (Å²) in [7, 11) is 1.91. The van der Waals surface area contributed by atoms with Gasteiger partial charge >= 0.3 is 0 Å². The van der Waals surface area contributed by atoms with Crippen LogP contribution in [-0.4, -0.2) is 44.9 Å². The lowest BCUT2D eigenvalue weighted by Crippen LogP contribution is -2.40. The molecule has 0 saturated heterocycles. The molecule has 1 aliphatic heterocycles. The minimum Gasteiger partial charge on any atom is -0.381 e. The second-order valence-electron chi connectivity index (χ2n) is 7.25. The zero-order valence-corrected chi connectivity index (χ0v) is 15.0. The van der Waals surface area contributed by atoms with E-state index in [2.05, 4.69) is 10.9 Å². The largest absolute Gasteiger partial charge is 0.381 e. The summed E-state index contributed by atoms with van der Waals surface area (Å²) in [5.41, 5.74) is 3.01. The van der Waals surface area contributed by atoms with Gasteiger partial charge in [-0.3, -0.25) is 9.48 Å². The van der Waals surface area contributed by atoms with Crippen LogP contribution >= 0.6 is 0 Å². The maximum atomic E-state index is 12.9. The summed E-state index contributed by atoms with van der Waals surface area (Å²) in [5.74, 6) is 1.01. The Balaban J connectivity index is 1.58. The van der Waals surface area contributed by atoms with Crippen LogP contribution in [0, 0.1) is 5.92 Å². The molecule has 1 fully saturated rings. The van der Waals surface area contributed by atoms with E-state index in [-0.39, 0.29) is 11.8 Å². The van der Waals surface area contributed by atoms with Crippen molar-refractivity contribution in [1.82, 2.24) is 19.2 Å². The van der Waals surface area contributed by atoms with Gasteiger partial charge in [0.15, 0.2) is 0 Å². The molecule has 4 rings (SSSR count). The molecule has 1 unspecified atom stereocenters. The molecule has 0 bridgehead atoms. The maximum absolute atomic E-state index is 12.9. The summed E-state index contributed by atoms with van der Waals surface area (Å²) in [4.78, 5) is 14.9. The quantitative estimate of drug-likeness (QED) is 0.810. The molecule has 1 saturated carbocycles. The number of hydrogen-bond acceptors (Lipinski definition) is 3. The van der Waals surface area contributed by atoms with E-state index in [1.807, 2.05) is 41.8 Å². The van der Waals surface area contributed by atoms with Gasteiger partial charge in [0.25, 0.3) is 5.91 Å². The van der Waals surface area contributed by atoms with E-state index in [0.717, 1.165) is 23.9 Å². The molecular formula is C19H26N4O2. The molecule has 3 heterocycles. The average molecular weight is 342 g/mol. The topological polar surface area (TPSA) is 52.3 Å². The monoisotopic (exact) mass is 342 g/mol. The second kappa shape index (κ2) is 6.67. The number of ether oxygens (including phenoxy) is 1. The van der Waals surface area contributed by atoms with Gasteiger partial charge < -0.3 is 14.2 Å². The van der Waals surface area contributed by atoms with E-state index < -0.39 is 0 Å². The summed E-state index contributed by atoms with van der Waals surface area (Å²) in [6.45, 7) is 5.59. The fourth-order valence-corrected chi connectivity index (χ4v) is 3.62. The SMILES string of the molecule is CCOCC1CN(C(=O)c2cccn2C)Cc2cn(CC3CC3)nc21. The van der Waals surface area contributed by atoms with Gasteiger partial charge in [-0.25, -0.2) is 0 Å². The van der Waals surface area contributed by atoms with Gasteiger partial charge in [-0.2, -0.15) is 5.10 Å².